The van der Waals surface area contributed by atoms with Gasteiger partial charge in [-0.25, -0.2) is 4.98 Å². The van der Waals surface area contributed by atoms with E-state index in [0.29, 0.717) is 19.4 Å². The van der Waals surface area contributed by atoms with Crippen LogP contribution in [0.15, 0.2) is 5.38 Å². The molecule has 1 unspecified atom stereocenters. The molecule has 1 heterocycles. The Morgan fingerprint density at radius 1 is 1.53 bits per heavy atom. The summed E-state index contributed by atoms with van der Waals surface area (Å²) in [6, 6.07) is 0. The molecular formula is C11H19NO2S. The number of thiazole rings is 1. The van der Waals surface area contributed by atoms with Gasteiger partial charge in [-0.15, -0.1) is 11.3 Å². The van der Waals surface area contributed by atoms with Gasteiger partial charge in [-0.2, -0.15) is 0 Å². The lowest BCUT2D eigenvalue weighted by Crippen LogP contribution is -2.15. The quantitative estimate of drug-likeness (QED) is 0.813. The van der Waals surface area contributed by atoms with E-state index in [1.807, 2.05) is 26.2 Å². The minimum atomic E-state index is -0.342. The molecule has 0 radical (unpaired) electrons. The van der Waals surface area contributed by atoms with Crippen LogP contribution < -0.4 is 0 Å². The molecule has 1 N–H and O–H groups in total. The summed E-state index contributed by atoms with van der Waals surface area (Å²) in [6.45, 7) is 6.58. The van der Waals surface area contributed by atoms with Crippen molar-refractivity contribution in [2.75, 3.05) is 6.61 Å². The summed E-state index contributed by atoms with van der Waals surface area (Å²) in [5, 5.41) is 12.8. The Labute approximate surface area is 95.1 Å². The van der Waals surface area contributed by atoms with Gasteiger partial charge in [0.25, 0.3) is 0 Å². The summed E-state index contributed by atoms with van der Waals surface area (Å²) in [4.78, 5) is 4.31. The monoisotopic (exact) mass is 229 g/mol. The first-order chi connectivity index (χ1) is 7.08. The smallest absolute Gasteiger partial charge is 0.0897 e. The van der Waals surface area contributed by atoms with Gasteiger partial charge in [0.05, 0.1) is 22.9 Å². The molecule has 0 saturated heterocycles. The van der Waals surface area contributed by atoms with Crippen molar-refractivity contribution in [1.29, 1.82) is 0 Å². The van der Waals surface area contributed by atoms with Crippen LogP contribution in [0.3, 0.4) is 0 Å². The van der Waals surface area contributed by atoms with Crippen molar-refractivity contribution in [2.24, 2.45) is 0 Å². The zero-order valence-electron chi connectivity index (χ0n) is 9.56. The first-order valence-electron chi connectivity index (χ1n) is 5.28. The van der Waals surface area contributed by atoms with E-state index in [0.717, 1.165) is 10.7 Å². The second-order valence-corrected chi connectivity index (χ2v) is 4.99. The fourth-order valence-corrected chi connectivity index (χ4v) is 1.91. The van der Waals surface area contributed by atoms with Crippen molar-refractivity contribution in [3.63, 3.8) is 0 Å². The van der Waals surface area contributed by atoms with E-state index in [4.69, 9.17) is 4.74 Å². The molecule has 1 aromatic rings. The van der Waals surface area contributed by atoms with Crippen molar-refractivity contribution in [3.05, 3.63) is 16.1 Å². The molecular weight excluding hydrogens is 210 g/mol. The van der Waals surface area contributed by atoms with Gasteiger partial charge in [-0.3, -0.25) is 0 Å². The fraction of sp³-hybridized carbons (Fsp3) is 0.727. The molecule has 3 nitrogen and oxygen atoms in total. The Balaban J connectivity index is 2.21. The molecule has 0 fully saturated rings. The summed E-state index contributed by atoms with van der Waals surface area (Å²) >= 11 is 1.62. The molecule has 0 spiro atoms. The predicted molar refractivity (Wildman–Crippen MR) is 62.3 cm³/mol. The van der Waals surface area contributed by atoms with Crippen molar-refractivity contribution in [1.82, 2.24) is 4.98 Å². The van der Waals surface area contributed by atoms with E-state index in [1.54, 1.807) is 11.3 Å². The molecule has 0 aliphatic heterocycles. The van der Waals surface area contributed by atoms with E-state index < -0.39 is 0 Å². The number of aliphatic hydroxyl groups excluding tert-OH is 1. The number of aliphatic hydroxyl groups is 1. The lowest BCUT2D eigenvalue weighted by molar-refractivity contribution is 0.0468. The van der Waals surface area contributed by atoms with E-state index >= 15 is 0 Å². The van der Waals surface area contributed by atoms with E-state index in [-0.39, 0.29) is 12.2 Å². The van der Waals surface area contributed by atoms with Crippen molar-refractivity contribution < 1.29 is 9.84 Å². The number of aryl methyl sites for hydroxylation is 1. The van der Waals surface area contributed by atoms with Crippen molar-refractivity contribution >= 4 is 11.3 Å². The van der Waals surface area contributed by atoms with E-state index in [9.17, 15) is 5.11 Å². The van der Waals surface area contributed by atoms with Crippen LogP contribution in [-0.4, -0.2) is 28.9 Å². The topological polar surface area (TPSA) is 42.4 Å². The van der Waals surface area contributed by atoms with Crippen LogP contribution in [0.1, 0.15) is 31.0 Å². The molecule has 0 amide bonds. The first-order valence-corrected chi connectivity index (χ1v) is 6.16. The first kappa shape index (κ1) is 12.6. The summed E-state index contributed by atoms with van der Waals surface area (Å²) in [5.41, 5.74) is 0.981. The van der Waals surface area contributed by atoms with Gasteiger partial charge in [0.2, 0.25) is 0 Å². The van der Waals surface area contributed by atoms with Crippen molar-refractivity contribution in [2.45, 2.75) is 45.8 Å². The summed E-state index contributed by atoms with van der Waals surface area (Å²) in [5.74, 6) is 0. The van der Waals surface area contributed by atoms with Gasteiger partial charge in [-0.05, 0) is 27.2 Å². The van der Waals surface area contributed by atoms with Crippen LogP contribution in [-0.2, 0) is 11.2 Å². The molecule has 0 saturated carbocycles. The van der Waals surface area contributed by atoms with E-state index in [2.05, 4.69) is 4.98 Å². The lowest BCUT2D eigenvalue weighted by atomic mass is 10.1. The number of nitrogens with zero attached hydrogens (tertiary/aromatic N) is 1. The Morgan fingerprint density at radius 3 is 2.80 bits per heavy atom. The second-order valence-electron chi connectivity index (χ2n) is 3.92. The third-order valence-corrected chi connectivity index (χ3v) is 2.84. The number of hydrogen-bond acceptors (Lipinski definition) is 4. The minimum absolute atomic E-state index is 0.235. The second kappa shape index (κ2) is 6.20. The highest BCUT2D eigenvalue weighted by atomic mass is 32.1. The maximum absolute atomic E-state index is 9.71. The van der Waals surface area contributed by atoms with Gasteiger partial charge < -0.3 is 9.84 Å². The Morgan fingerprint density at radius 2 is 2.27 bits per heavy atom. The molecule has 1 atom stereocenters. The number of hydrogen-bond donors (Lipinski definition) is 1. The highest BCUT2D eigenvalue weighted by molar-refractivity contribution is 7.09. The van der Waals surface area contributed by atoms with Crippen LogP contribution in [0.5, 0.6) is 0 Å². The summed E-state index contributed by atoms with van der Waals surface area (Å²) < 4.78 is 5.38. The highest BCUT2D eigenvalue weighted by Gasteiger charge is 2.08. The Bertz CT molecular complexity index is 286. The molecule has 15 heavy (non-hydrogen) atoms. The molecule has 0 aromatic carbocycles. The van der Waals surface area contributed by atoms with Gasteiger partial charge in [0, 0.05) is 18.4 Å². The molecule has 0 bridgehead atoms. The van der Waals surface area contributed by atoms with Gasteiger partial charge in [0.15, 0.2) is 0 Å². The highest BCUT2D eigenvalue weighted by Crippen LogP contribution is 2.11. The van der Waals surface area contributed by atoms with Crippen LogP contribution in [0.4, 0.5) is 0 Å². The number of aromatic nitrogens is 1. The standard InChI is InChI=1S/C11H19NO2S/c1-8(2)14-5-4-11(13)6-10-7-15-9(3)12-10/h7-8,11,13H,4-6H2,1-3H3. The Hall–Kier alpha value is -0.450. The number of ether oxygens (including phenoxy) is 1. The zero-order chi connectivity index (χ0) is 11.3. The molecule has 4 heteroatoms. The van der Waals surface area contributed by atoms with Gasteiger partial charge in [-0.1, -0.05) is 0 Å². The molecule has 0 aliphatic rings. The lowest BCUT2D eigenvalue weighted by Gasteiger charge is -2.11. The molecule has 0 aliphatic carbocycles. The van der Waals surface area contributed by atoms with Crippen LogP contribution >= 0.6 is 11.3 Å². The number of rotatable bonds is 6. The third-order valence-electron chi connectivity index (χ3n) is 2.01. The summed E-state index contributed by atoms with van der Waals surface area (Å²) in [7, 11) is 0. The molecule has 1 aromatic heterocycles. The predicted octanol–water partition coefficient (Wildman–Crippen LogP) is 2.17. The van der Waals surface area contributed by atoms with Crippen LogP contribution in [0.25, 0.3) is 0 Å². The fourth-order valence-electron chi connectivity index (χ4n) is 1.29. The molecule has 86 valence electrons. The average Bonchev–Trinajstić information content (AvgIpc) is 2.50. The van der Waals surface area contributed by atoms with Gasteiger partial charge in [0.1, 0.15) is 0 Å². The summed E-state index contributed by atoms with van der Waals surface area (Å²) in [6.07, 6.45) is 1.20. The van der Waals surface area contributed by atoms with Crippen molar-refractivity contribution in [3.8, 4) is 0 Å². The SMILES string of the molecule is Cc1nc(CC(O)CCOC(C)C)cs1. The Kier molecular flexibility index (Phi) is 5.22. The zero-order valence-corrected chi connectivity index (χ0v) is 10.4. The van der Waals surface area contributed by atoms with Crippen LogP contribution in [0.2, 0.25) is 0 Å². The van der Waals surface area contributed by atoms with Gasteiger partial charge >= 0.3 is 0 Å². The normalized spacial score (nSPS) is 13.4. The van der Waals surface area contributed by atoms with Crippen LogP contribution in [0, 0.1) is 6.92 Å². The molecule has 1 rings (SSSR count). The maximum Gasteiger partial charge on any atom is 0.0897 e. The van der Waals surface area contributed by atoms with E-state index in [1.165, 1.54) is 0 Å². The largest absolute Gasteiger partial charge is 0.393 e. The average molecular weight is 229 g/mol. The minimum Gasteiger partial charge on any atom is -0.393 e. The maximum atomic E-state index is 9.71. The third kappa shape index (κ3) is 5.25.